The maximum absolute atomic E-state index is 13.2. The quantitative estimate of drug-likeness (QED) is 0.247. The zero-order valence-corrected chi connectivity index (χ0v) is 16.6. The van der Waals surface area contributed by atoms with Crippen molar-refractivity contribution in [2.24, 2.45) is 0 Å². The molecule has 2 aromatic carbocycles. The van der Waals surface area contributed by atoms with Crippen molar-refractivity contribution in [3.8, 4) is 0 Å². The number of anilines is 2. The Bertz CT molecular complexity index is 1210. The minimum atomic E-state index is -4.50. The van der Waals surface area contributed by atoms with Crippen LogP contribution in [0.25, 0.3) is 11.0 Å². The third kappa shape index (κ3) is 4.96. The average molecular weight is 450 g/mol. The van der Waals surface area contributed by atoms with Crippen molar-refractivity contribution < 1.29 is 22.0 Å². The Morgan fingerprint density at radius 1 is 1.03 bits per heavy atom. The van der Waals surface area contributed by atoms with Crippen molar-refractivity contribution in [2.75, 3.05) is 5.32 Å². The van der Waals surface area contributed by atoms with Gasteiger partial charge in [-0.25, -0.2) is 13.8 Å². The van der Waals surface area contributed by atoms with Crippen molar-refractivity contribution >= 4 is 34.2 Å². The van der Waals surface area contributed by atoms with Gasteiger partial charge in [0.15, 0.2) is 0 Å². The molecule has 0 unspecified atom stereocenters. The molecule has 4 aromatic rings. The number of benzene rings is 2. The van der Waals surface area contributed by atoms with Crippen LogP contribution in [0.1, 0.15) is 23.5 Å². The van der Waals surface area contributed by atoms with Crippen LogP contribution in [0.5, 0.6) is 0 Å². The van der Waals surface area contributed by atoms with E-state index < -0.39 is 18.3 Å². The summed E-state index contributed by atoms with van der Waals surface area (Å²) in [6.07, 6.45) is -5.98. The summed E-state index contributed by atoms with van der Waals surface area (Å²) in [5.74, 6) is 0.906. The van der Waals surface area contributed by atoms with Crippen LogP contribution in [0.2, 0.25) is 0 Å². The maximum atomic E-state index is 13.2. The van der Waals surface area contributed by atoms with Crippen molar-refractivity contribution in [1.29, 1.82) is 0 Å². The van der Waals surface area contributed by atoms with Gasteiger partial charge in [-0.1, -0.05) is 18.2 Å². The van der Waals surface area contributed by atoms with Gasteiger partial charge in [0.2, 0.25) is 0 Å². The molecular formula is C21H15F5N4S. The fourth-order valence-electron chi connectivity index (χ4n) is 2.97. The van der Waals surface area contributed by atoms with E-state index in [0.29, 0.717) is 33.4 Å². The van der Waals surface area contributed by atoms with E-state index in [1.54, 1.807) is 36.4 Å². The van der Waals surface area contributed by atoms with E-state index in [-0.39, 0.29) is 5.56 Å². The molecule has 2 heterocycles. The van der Waals surface area contributed by atoms with Crippen LogP contribution in [-0.2, 0) is 11.9 Å². The van der Waals surface area contributed by atoms with Crippen LogP contribution in [0.3, 0.4) is 0 Å². The van der Waals surface area contributed by atoms with E-state index in [2.05, 4.69) is 20.3 Å². The average Bonchev–Trinajstić information content (AvgIpc) is 3.14. The van der Waals surface area contributed by atoms with Crippen molar-refractivity contribution in [3.63, 3.8) is 0 Å². The van der Waals surface area contributed by atoms with E-state index in [4.69, 9.17) is 0 Å². The fourth-order valence-corrected chi connectivity index (χ4v) is 3.76. The second kappa shape index (κ2) is 8.54. The first kappa shape index (κ1) is 21.1. The summed E-state index contributed by atoms with van der Waals surface area (Å²) in [4.78, 5) is 11.3. The molecule has 0 fully saturated rings. The zero-order chi connectivity index (χ0) is 22.0. The van der Waals surface area contributed by atoms with Gasteiger partial charge in [-0.3, -0.25) is 4.98 Å². The smallest absolute Gasteiger partial charge is 0.355 e. The second-order valence-corrected chi connectivity index (χ2v) is 7.64. The molecule has 0 aliphatic heterocycles. The van der Waals surface area contributed by atoms with Crippen molar-refractivity contribution in [1.82, 2.24) is 15.0 Å². The molecule has 2 N–H and O–H groups in total. The van der Waals surface area contributed by atoms with Crippen molar-refractivity contribution in [3.05, 3.63) is 77.9 Å². The summed E-state index contributed by atoms with van der Waals surface area (Å²) in [5, 5.41) is 2.98. The number of halogens is 5. The Morgan fingerprint density at radius 3 is 2.61 bits per heavy atom. The lowest BCUT2D eigenvalue weighted by Gasteiger charge is -2.11. The van der Waals surface area contributed by atoms with Crippen LogP contribution < -0.4 is 5.32 Å². The Balaban J connectivity index is 1.50. The zero-order valence-electron chi connectivity index (χ0n) is 15.8. The number of thioether (sulfide) groups is 1. The number of para-hydroxylation sites is 1. The monoisotopic (exact) mass is 450 g/mol. The highest BCUT2D eigenvalue weighted by atomic mass is 32.2. The lowest BCUT2D eigenvalue weighted by molar-refractivity contribution is -0.141. The minimum absolute atomic E-state index is 0.0997. The van der Waals surface area contributed by atoms with Gasteiger partial charge < -0.3 is 10.3 Å². The van der Waals surface area contributed by atoms with Crippen LogP contribution in [-0.4, -0.2) is 15.0 Å². The maximum Gasteiger partial charge on any atom is 0.433 e. The highest BCUT2D eigenvalue weighted by Crippen LogP contribution is 2.32. The number of aromatic nitrogens is 3. The third-order valence-electron chi connectivity index (χ3n) is 4.40. The third-order valence-corrected chi connectivity index (χ3v) is 5.41. The fraction of sp³-hybridized carbons (Fsp3) is 0.143. The van der Waals surface area contributed by atoms with Crippen LogP contribution in [0.15, 0.2) is 65.7 Å². The summed E-state index contributed by atoms with van der Waals surface area (Å²) in [6, 6.07) is 13.9. The Morgan fingerprint density at radius 2 is 1.84 bits per heavy atom. The molecule has 4 rings (SSSR count). The molecule has 0 aliphatic carbocycles. The molecule has 2 aromatic heterocycles. The highest BCUT2D eigenvalue weighted by Gasteiger charge is 2.32. The molecular weight excluding hydrogens is 435 g/mol. The van der Waals surface area contributed by atoms with Crippen molar-refractivity contribution in [2.45, 2.75) is 23.3 Å². The van der Waals surface area contributed by atoms with E-state index in [9.17, 15) is 22.0 Å². The summed E-state index contributed by atoms with van der Waals surface area (Å²) >= 11 is 1.20. The van der Waals surface area contributed by atoms with E-state index in [1.807, 2.05) is 0 Å². The molecule has 0 aliphatic rings. The van der Waals surface area contributed by atoms with Gasteiger partial charge in [0, 0.05) is 28.0 Å². The number of hydrogen-bond donors (Lipinski definition) is 2. The normalized spacial score (nSPS) is 11.9. The number of imidazole rings is 1. The lowest BCUT2D eigenvalue weighted by Crippen LogP contribution is -2.07. The Kier molecular flexibility index (Phi) is 5.81. The van der Waals surface area contributed by atoms with Gasteiger partial charge in [-0.2, -0.15) is 13.2 Å². The number of H-pyrrole nitrogens is 1. The molecule has 0 atom stereocenters. The highest BCUT2D eigenvalue weighted by molar-refractivity contribution is 7.98. The molecule has 0 bridgehead atoms. The van der Waals surface area contributed by atoms with Crippen LogP contribution in [0, 0.1) is 0 Å². The van der Waals surface area contributed by atoms with E-state index in [0.717, 1.165) is 17.8 Å². The minimum Gasteiger partial charge on any atom is -0.355 e. The lowest BCUT2D eigenvalue weighted by atomic mass is 10.1. The molecule has 0 spiro atoms. The number of fused-ring (bicyclic) bond motifs is 1. The number of nitrogens with one attached hydrogen (secondary N) is 2. The molecule has 160 valence electrons. The van der Waals surface area contributed by atoms with E-state index >= 15 is 0 Å². The predicted octanol–water partition coefficient (Wildman–Crippen LogP) is 6.95. The van der Waals surface area contributed by atoms with Gasteiger partial charge in [0.05, 0.1) is 16.8 Å². The number of alkyl halides is 5. The van der Waals surface area contributed by atoms with Gasteiger partial charge in [0.25, 0.3) is 6.43 Å². The van der Waals surface area contributed by atoms with E-state index in [1.165, 1.54) is 23.9 Å². The van der Waals surface area contributed by atoms with Crippen LogP contribution in [0.4, 0.5) is 33.3 Å². The number of nitrogens with zero attached hydrogens (tertiary/aromatic N) is 2. The SMILES string of the molecule is FC(F)c1ccccc1Nc1ccc2[nH]c(CSc3ccnc(C(F)(F)F)c3)nc2c1. The number of aromatic amines is 1. The standard InChI is InChI=1S/C21H15F5N4S/c22-20(23)14-3-1-2-4-15(14)28-12-5-6-16-17(9-12)30-19(29-16)11-31-13-7-8-27-18(10-13)21(24,25)26/h1-10,20,28H,11H2,(H,29,30). The van der Waals surface area contributed by atoms with Gasteiger partial charge in [0.1, 0.15) is 11.5 Å². The second-order valence-electron chi connectivity index (χ2n) is 6.59. The topological polar surface area (TPSA) is 53.6 Å². The van der Waals surface area contributed by atoms with Gasteiger partial charge in [-0.05, 0) is 36.4 Å². The Labute approximate surface area is 177 Å². The predicted molar refractivity (Wildman–Crippen MR) is 110 cm³/mol. The molecule has 0 saturated carbocycles. The Hall–Kier alpha value is -3.14. The van der Waals surface area contributed by atoms with Crippen LogP contribution >= 0.6 is 11.8 Å². The molecule has 0 amide bonds. The first-order valence-corrected chi connectivity index (χ1v) is 10.1. The van der Waals surface area contributed by atoms with Gasteiger partial charge in [-0.15, -0.1) is 11.8 Å². The number of rotatable bonds is 6. The summed E-state index contributed by atoms with van der Waals surface area (Å²) < 4.78 is 64.7. The molecule has 0 radical (unpaired) electrons. The molecule has 4 nitrogen and oxygen atoms in total. The number of pyridine rings is 1. The summed E-state index contributed by atoms with van der Waals surface area (Å²) in [6.45, 7) is 0. The largest absolute Gasteiger partial charge is 0.433 e. The summed E-state index contributed by atoms with van der Waals surface area (Å²) in [5.41, 5.74) is 1.20. The number of hydrogen-bond acceptors (Lipinski definition) is 4. The first-order valence-electron chi connectivity index (χ1n) is 9.08. The molecule has 31 heavy (non-hydrogen) atoms. The molecule has 10 heteroatoms. The molecule has 0 saturated heterocycles. The summed E-state index contributed by atoms with van der Waals surface area (Å²) in [7, 11) is 0. The first-order chi connectivity index (χ1) is 14.8. The van der Waals surface area contributed by atoms with Gasteiger partial charge >= 0.3 is 6.18 Å².